The number of hydrogen-bond donors (Lipinski definition) is 0. The molecule has 5 rings (SSSR count). The van der Waals surface area contributed by atoms with Gasteiger partial charge in [-0.15, -0.1) is 5.10 Å². The summed E-state index contributed by atoms with van der Waals surface area (Å²) in [7, 11) is 0. The van der Waals surface area contributed by atoms with Crippen molar-refractivity contribution in [2.45, 2.75) is 31.2 Å². The molecular formula is C20H20N4O. The van der Waals surface area contributed by atoms with Gasteiger partial charge in [0.15, 0.2) is 5.82 Å². The van der Waals surface area contributed by atoms with Crippen LogP contribution in [0.4, 0.5) is 0 Å². The topological polar surface area (TPSA) is 52.8 Å². The molecule has 2 aromatic heterocycles. The lowest BCUT2D eigenvalue weighted by atomic mass is 10.1. The van der Waals surface area contributed by atoms with Gasteiger partial charge in [-0.25, -0.2) is 9.67 Å². The van der Waals surface area contributed by atoms with Gasteiger partial charge in [-0.2, -0.15) is 0 Å². The zero-order valence-corrected chi connectivity index (χ0v) is 14.0. The van der Waals surface area contributed by atoms with Crippen molar-refractivity contribution in [3.63, 3.8) is 0 Å². The van der Waals surface area contributed by atoms with Crippen molar-refractivity contribution in [1.29, 1.82) is 0 Å². The van der Waals surface area contributed by atoms with Crippen LogP contribution in [-0.4, -0.2) is 33.0 Å². The second-order valence-corrected chi connectivity index (χ2v) is 6.84. The van der Waals surface area contributed by atoms with Gasteiger partial charge >= 0.3 is 0 Å². The molecule has 0 radical (unpaired) electrons. The van der Waals surface area contributed by atoms with Gasteiger partial charge in [0.2, 0.25) is 0 Å². The molecule has 1 fully saturated rings. The molecule has 0 unspecified atom stereocenters. The molecule has 0 bridgehead atoms. The Morgan fingerprint density at radius 3 is 2.48 bits per heavy atom. The smallest absolute Gasteiger partial charge is 0.200 e. The van der Waals surface area contributed by atoms with Gasteiger partial charge in [-0.1, -0.05) is 30.3 Å². The molecule has 3 aromatic rings. The fourth-order valence-corrected chi connectivity index (χ4v) is 3.93. The van der Waals surface area contributed by atoms with E-state index in [1.54, 1.807) is 6.20 Å². The lowest BCUT2D eigenvalue weighted by Gasteiger charge is -2.15. The Bertz CT molecular complexity index is 859. The third-order valence-corrected chi connectivity index (χ3v) is 5.22. The van der Waals surface area contributed by atoms with E-state index in [-0.39, 0.29) is 0 Å². The summed E-state index contributed by atoms with van der Waals surface area (Å²) in [5.74, 6) is 2.10. The summed E-state index contributed by atoms with van der Waals surface area (Å²) in [5, 5.41) is 4.88. The minimum absolute atomic E-state index is 0.327. The van der Waals surface area contributed by atoms with E-state index in [9.17, 15) is 0 Å². The minimum atomic E-state index is 0.327. The molecule has 1 aliphatic heterocycles. The summed E-state index contributed by atoms with van der Waals surface area (Å²) in [4.78, 5) is 9.31. The zero-order valence-electron chi connectivity index (χ0n) is 14.0. The molecule has 1 saturated heterocycles. The monoisotopic (exact) mass is 332 g/mol. The van der Waals surface area contributed by atoms with Gasteiger partial charge < -0.3 is 4.74 Å². The van der Waals surface area contributed by atoms with Gasteiger partial charge in [0, 0.05) is 18.7 Å². The Morgan fingerprint density at radius 1 is 1.00 bits per heavy atom. The lowest BCUT2D eigenvalue weighted by Crippen LogP contribution is -2.17. The van der Waals surface area contributed by atoms with E-state index in [4.69, 9.17) is 14.8 Å². The minimum Gasteiger partial charge on any atom is -0.381 e. The van der Waals surface area contributed by atoms with E-state index in [0.717, 1.165) is 49.8 Å². The van der Waals surface area contributed by atoms with Crippen molar-refractivity contribution >= 4 is 0 Å². The predicted octanol–water partition coefficient (Wildman–Crippen LogP) is 3.18. The molecule has 126 valence electrons. The largest absolute Gasteiger partial charge is 0.381 e. The van der Waals surface area contributed by atoms with E-state index in [1.165, 1.54) is 11.1 Å². The molecule has 5 nitrogen and oxygen atoms in total. The lowest BCUT2D eigenvalue weighted by molar-refractivity contribution is 0.192. The number of nitrogens with zero attached hydrogens (tertiary/aromatic N) is 4. The van der Waals surface area contributed by atoms with Crippen LogP contribution in [-0.2, 0) is 17.6 Å². The molecule has 0 amide bonds. The van der Waals surface area contributed by atoms with Crippen LogP contribution < -0.4 is 0 Å². The summed E-state index contributed by atoms with van der Waals surface area (Å²) < 4.78 is 7.77. The number of rotatable bonds is 3. The van der Waals surface area contributed by atoms with E-state index >= 15 is 0 Å². The van der Waals surface area contributed by atoms with Crippen molar-refractivity contribution in [3.8, 4) is 11.5 Å². The molecule has 1 aliphatic carbocycles. The Balaban J connectivity index is 1.55. The molecule has 5 heteroatoms. The summed E-state index contributed by atoms with van der Waals surface area (Å²) >= 11 is 0. The first-order valence-corrected chi connectivity index (χ1v) is 8.91. The van der Waals surface area contributed by atoms with Crippen LogP contribution in [0.2, 0.25) is 0 Å². The maximum absolute atomic E-state index is 5.61. The van der Waals surface area contributed by atoms with Crippen LogP contribution in [0.15, 0.2) is 48.7 Å². The van der Waals surface area contributed by atoms with Crippen molar-refractivity contribution in [1.82, 2.24) is 19.7 Å². The van der Waals surface area contributed by atoms with Gasteiger partial charge in [-0.05, 0) is 42.5 Å². The molecule has 1 atom stereocenters. The van der Waals surface area contributed by atoms with E-state index in [0.29, 0.717) is 12.0 Å². The first kappa shape index (κ1) is 14.8. The Labute approximate surface area is 146 Å². The summed E-state index contributed by atoms with van der Waals surface area (Å²) in [6, 6.07) is 14.9. The van der Waals surface area contributed by atoms with Gasteiger partial charge in [-0.3, -0.25) is 4.98 Å². The summed E-state index contributed by atoms with van der Waals surface area (Å²) in [6.45, 7) is 1.54. The third-order valence-electron chi connectivity index (χ3n) is 5.22. The standard InChI is InChI=1S/C20H20N4O/c1-2-6-15-12-17(11-14(15)5-1)24-20(16-8-10-25-13-16)22-19(23-24)18-7-3-4-9-21-18/h1-7,9,16-17H,8,10-13H2/t16-/m0/s1. The van der Waals surface area contributed by atoms with Crippen LogP contribution in [0.5, 0.6) is 0 Å². The number of ether oxygens (including phenoxy) is 1. The van der Waals surface area contributed by atoms with Gasteiger partial charge in [0.1, 0.15) is 11.5 Å². The highest BCUT2D eigenvalue weighted by atomic mass is 16.5. The normalized spacial score (nSPS) is 20.1. The van der Waals surface area contributed by atoms with Crippen molar-refractivity contribution in [2.75, 3.05) is 13.2 Å². The number of aromatic nitrogens is 4. The maximum atomic E-state index is 5.61. The quantitative estimate of drug-likeness (QED) is 0.739. The number of pyridine rings is 1. The molecule has 2 aliphatic rings. The second-order valence-electron chi connectivity index (χ2n) is 6.84. The molecule has 0 spiro atoms. The van der Waals surface area contributed by atoms with Gasteiger partial charge in [0.25, 0.3) is 0 Å². The fraction of sp³-hybridized carbons (Fsp3) is 0.350. The number of hydrogen-bond acceptors (Lipinski definition) is 4. The molecule has 3 heterocycles. The summed E-state index contributed by atoms with van der Waals surface area (Å²) in [6.07, 6.45) is 4.84. The molecule has 0 N–H and O–H groups in total. The Morgan fingerprint density at radius 2 is 1.80 bits per heavy atom. The van der Waals surface area contributed by atoms with Crippen LogP contribution in [0.1, 0.15) is 35.3 Å². The first-order chi connectivity index (χ1) is 12.4. The SMILES string of the molecule is c1ccc(-c2nc([C@H]3CCOC3)n(C3Cc4ccccc4C3)n2)nc1. The van der Waals surface area contributed by atoms with Crippen LogP contribution in [0, 0.1) is 0 Å². The Kier molecular flexibility index (Phi) is 3.59. The average molecular weight is 332 g/mol. The third kappa shape index (κ3) is 2.65. The second kappa shape index (κ2) is 6.08. The van der Waals surface area contributed by atoms with E-state index in [2.05, 4.69) is 33.9 Å². The Hall–Kier alpha value is -2.53. The fourth-order valence-electron chi connectivity index (χ4n) is 3.93. The highest BCUT2D eigenvalue weighted by Gasteiger charge is 2.31. The van der Waals surface area contributed by atoms with Gasteiger partial charge in [0.05, 0.1) is 12.6 Å². The number of fused-ring (bicyclic) bond motifs is 1. The van der Waals surface area contributed by atoms with Crippen molar-refractivity contribution in [3.05, 3.63) is 65.6 Å². The van der Waals surface area contributed by atoms with Crippen molar-refractivity contribution in [2.24, 2.45) is 0 Å². The van der Waals surface area contributed by atoms with Crippen molar-refractivity contribution < 1.29 is 4.74 Å². The average Bonchev–Trinajstić information content (AvgIpc) is 3.39. The molecule has 25 heavy (non-hydrogen) atoms. The molecule has 1 aromatic carbocycles. The summed E-state index contributed by atoms with van der Waals surface area (Å²) in [5.41, 5.74) is 3.68. The molecular weight excluding hydrogens is 312 g/mol. The highest BCUT2D eigenvalue weighted by Crippen LogP contribution is 2.34. The van der Waals surface area contributed by atoms with Crippen LogP contribution in [0.3, 0.4) is 0 Å². The van der Waals surface area contributed by atoms with Crippen LogP contribution in [0.25, 0.3) is 11.5 Å². The maximum Gasteiger partial charge on any atom is 0.200 e. The molecule has 0 saturated carbocycles. The first-order valence-electron chi connectivity index (χ1n) is 8.91. The van der Waals surface area contributed by atoms with E-state index < -0.39 is 0 Å². The predicted molar refractivity (Wildman–Crippen MR) is 94.3 cm³/mol. The highest BCUT2D eigenvalue weighted by molar-refractivity contribution is 5.48. The number of benzene rings is 1. The zero-order chi connectivity index (χ0) is 16.6. The van der Waals surface area contributed by atoms with Crippen LogP contribution >= 0.6 is 0 Å². The van der Waals surface area contributed by atoms with E-state index in [1.807, 2.05) is 18.2 Å².